The van der Waals surface area contributed by atoms with Crippen molar-refractivity contribution in [1.29, 1.82) is 0 Å². The predicted octanol–water partition coefficient (Wildman–Crippen LogP) is 1.89. The molecule has 0 amide bonds. The van der Waals surface area contributed by atoms with Crippen molar-refractivity contribution in [3.63, 3.8) is 0 Å². The molecule has 0 saturated heterocycles. The molecule has 0 saturated carbocycles. The van der Waals surface area contributed by atoms with Crippen LogP contribution in [-0.2, 0) is 14.4 Å². The van der Waals surface area contributed by atoms with Gasteiger partial charge in [-0.05, 0) is 32.9 Å². The zero-order valence-corrected chi connectivity index (χ0v) is 11.9. The highest BCUT2D eigenvalue weighted by Crippen LogP contribution is 2.17. The van der Waals surface area contributed by atoms with Gasteiger partial charge in [-0.1, -0.05) is 17.7 Å². The number of aryl methyl sites for hydroxylation is 1. The monoisotopic (exact) mass is 277 g/mol. The molecule has 1 atom stereocenters. The SMILES string of the molecule is CCOC(=O)C(C)ON1C=CN(c2ccc(C)cc2)N1. The quantitative estimate of drug-likeness (QED) is 0.830. The Bertz CT molecular complexity index is 487. The number of nitrogens with zero attached hydrogens (tertiary/aromatic N) is 2. The lowest BCUT2D eigenvalue weighted by molar-refractivity contribution is -0.205. The summed E-state index contributed by atoms with van der Waals surface area (Å²) in [4.78, 5) is 16.9. The summed E-state index contributed by atoms with van der Waals surface area (Å²) < 4.78 is 4.88. The van der Waals surface area contributed by atoms with Gasteiger partial charge in [0.05, 0.1) is 18.5 Å². The van der Waals surface area contributed by atoms with E-state index in [-0.39, 0.29) is 0 Å². The van der Waals surface area contributed by atoms with Crippen LogP contribution in [0.1, 0.15) is 19.4 Å². The molecule has 1 aliphatic heterocycles. The van der Waals surface area contributed by atoms with E-state index in [9.17, 15) is 4.79 Å². The average molecular weight is 277 g/mol. The molecule has 0 aromatic heterocycles. The second-order valence-corrected chi connectivity index (χ2v) is 4.43. The first-order valence-corrected chi connectivity index (χ1v) is 6.53. The van der Waals surface area contributed by atoms with E-state index in [1.807, 2.05) is 37.4 Å². The maximum absolute atomic E-state index is 11.5. The molecule has 0 aliphatic carbocycles. The molecule has 0 radical (unpaired) electrons. The molecular weight excluding hydrogens is 258 g/mol. The van der Waals surface area contributed by atoms with Crippen LogP contribution in [0.15, 0.2) is 36.7 Å². The highest BCUT2D eigenvalue weighted by Gasteiger charge is 2.21. The third-order valence-electron chi connectivity index (χ3n) is 2.76. The van der Waals surface area contributed by atoms with Crippen molar-refractivity contribution >= 4 is 11.7 Å². The highest BCUT2D eigenvalue weighted by atomic mass is 16.7. The molecule has 1 aromatic rings. The predicted molar refractivity (Wildman–Crippen MR) is 75.0 cm³/mol. The van der Waals surface area contributed by atoms with E-state index in [0.29, 0.717) is 6.61 Å². The van der Waals surface area contributed by atoms with Gasteiger partial charge in [0.1, 0.15) is 0 Å². The highest BCUT2D eigenvalue weighted by molar-refractivity contribution is 5.74. The topological polar surface area (TPSA) is 54.0 Å². The number of hydrazine groups is 2. The van der Waals surface area contributed by atoms with Crippen LogP contribution >= 0.6 is 0 Å². The Labute approximate surface area is 118 Å². The van der Waals surface area contributed by atoms with Gasteiger partial charge in [0.15, 0.2) is 6.10 Å². The van der Waals surface area contributed by atoms with Crippen molar-refractivity contribution < 1.29 is 14.4 Å². The largest absolute Gasteiger partial charge is 0.464 e. The van der Waals surface area contributed by atoms with E-state index in [0.717, 1.165) is 5.69 Å². The molecule has 1 N–H and O–H groups in total. The number of hydroxylamine groups is 1. The Morgan fingerprint density at radius 2 is 2.00 bits per heavy atom. The van der Waals surface area contributed by atoms with E-state index >= 15 is 0 Å². The number of ether oxygens (including phenoxy) is 1. The number of nitrogens with one attached hydrogen (secondary N) is 1. The van der Waals surface area contributed by atoms with Crippen LogP contribution < -0.4 is 10.5 Å². The Balaban J connectivity index is 1.88. The molecule has 2 rings (SSSR count). The van der Waals surface area contributed by atoms with Crippen molar-refractivity contribution in [3.05, 3.63) is 42.2 Å². The summed E-state index contributed by atoms with van der Waals surface area (Å²) in [6.07, 6.45) is 2.82. The van der Waals surface area contributed by atoms with Gasteiger partial charge in [0.2, 0.25) is 0 Å². The number of benzene rings is 1. The molecule has 6 heteroatoms. The van der Waals surface area contributed by atoms with E-state index in [2.05, 4.69) is 5.53 Å². The lowest BCUT2D eigenvalue weighted by Crippen LogP contribution is -2.42. The van der Waals surface area contributed by atoms with Crippen molar-refractivity contribution in [2.45, 2.75) is 26.9 Å². The Morgan fingerprint density at radius 3 is 2.65 bits per heavy atom. The first-order valence-electron chi connectivity index (χ1n) is 6.53. The van der Waals surface area contributed by atoms with Crippen LogP contribution in [-0.4, -0.2) is 23.9 Å². The molecular formula is C14H19N3O3. The molecule has 6 nitrogen and oxygen atoms in total. The van der Waals surface area contributed by atoms with Crippen LogP contribution in [0.3, 0.4) is 0 Å². The number of anilines is 1. The van der Waals surface area contributed by atoms with Crippen LogP contribution in [0.2, 0.25) is 0 Å². The van der Waals surface area contributed by atoms with Crippen LogP contribution in [0.4, 0.5) is 5.69 Å². The maximum atomic E-state index is 11.5. The summed E-state index contributed by atoms with van der Waals surface area (Å²) in [6, 6.07) is 8.03. The number of carbonyl (C=O) groups is 1. The summed E-state index contributed by atoms with van der Waals surface area (Å²) in [5.74, 6) is -0.392. The minimum absolute atomic E-state index is 0.339. The van der Waals surface area contributed by atoms with Crippen molar-refractivity contribution in [3.8, 4) is 0 Å². The molecule has 1 aromatic carbocycles. The molecule has 1 aliphatic rings. The third-order valence-corrected chi connectivity index (χ3v) is 2.76. The lowest BCUT2D eigenvalue weighted by atomic mass is 10.2. The van der Waals surface area contributed by atoms with Crippen LogP contribution in [0.5, 0.6) is 0 Å². The van der Waals surface area contributed by atoms with Gasteiger partial charge in [0, 0.05) is 6.20 Å². The molecule has 0 bridgehead atoms. The summed E-state index contributed by atoms with van der Waals surface area (Å²) in [6.45, 7) is 5.78. The molecule has 1 unspecified atom stereocenters. The average Bonchev–Trinajstić information content (AvgIpc) is 2.88. The Hall–Kier alpha value is -2.05. The first-order chi connectivity index (χ1) is 9.60. The standard InChI is InChI=1S/C14H19N3O3/c1-4-19-14(18)12(3)20-17-10-9-16(15-17)13-7-5-11(2)6-8-13/h5-10,12,15H,4H2,1-3H3. The van der Waals surface area contributed by atoms with Gasteiger partial charge >= 0.3 is 5.97 Å². The number of esters is 1. The summed E-state index contributed by atoms with van der Waals surface area (Å²) in [5.41, 5.74) is 5.15. The Morgan fingerprint density at radius 1 is 1.30 bits per heavy atom. The van der Waals surface area contributed by atoms with Gasteiger partial charge in [-0.15, -0.1) is 5.53 Å². The number of hydrogen-bond donors (Lipinski definition) is 1. The second-order valence-electron chi connectivity index (χ2n) is 4.43. The van der Waals surface area contributed by atoms with E-state index in [1.165, 1.54) is 10.7 Å². The zero-order chi connectivity index (χ0) is 14.5. The molecule has 108 valence electrons. The van der Waals surface area contributed by atoms with E-state index in [4.69, 9.17) is 9.57 Å². The number of hydrogen-bond acceptors (Lipinski definition) is 6. The minimum atomic E-state index is -0.676. The molecule has 1 heterocycles. The lowest BCUT2D eigenvalue weighted by Gasteiger charge is -2.23. The number of rotatable bonds is 5. The summed E-state index contributed by atoms with van der Waals surface area (Å²) in [5, 5.41) is 3.17. The number of carbonyl (C=O) groups excluding carboxylic acids is 1. The van der Waals surface area contributed by atoms with Gasteiger partial charge in [0.25, 0.3) is 0 Å². The minimum Gasteiger partial charge on any atom is -0.464 e. The summed E-state index contributed by atoms with van der Waals surface area (Å²) >= 11 is 0. The van der Waals surface area contributed by atoms with Gasteiger partial charge < -0.3 is 4.74 Å². The molecule has 0 fully saturated rings. The molecule has 0 spiro atoms. The fraction of sp³-hybridized carbons (Fsp3) is 0.357. The van der Waals surface area contributed by atoms with Crippen molar-refractivity contribution in [1.82, 2.24) is 10.7 Å². The Kier molecular flexibility index (Phi) is 4.60. The van der Waals surface area contributed by atoms with Crippen molar-refractivity contribution in [2.75, 3.05) is 11.6 Å². The van der Waals surface area contributed by atoms with E-state index in [1.54, 1.807) is 25.1 Å². The normalized spacial score (nSPS) is 15.6. The first kappa shape index (κ1) is 14.4. The maximum Gasteiger partial charge on any atom is 0.337 e. The van der Waals surface area contributed by atoms with Gasteiger partial charge in [-0.25, -0.2) is 9.63 Å². The third kappa shape index (κ3) is 3.49. The summed E-state index contributed by atoms with van der Waals surface area (Å²) in [7, 11) is 0. The van der Waals surface area contributed by atoms with Gasteiger partial charge in [-0.3, -0.25) is 5.01 Å². The smallest absolute Gasteiger partial charge is 0.337 e. The van der Waals surface area contributed by atoms with Crippen LogP contribution in [0, 0.1) is 6.92 Å². The second kappa shape index (κ2) is 6.40. The van der Waals surface area contributed by atoms with E-state index < -0.39 is 12.1 Å². The van der Waals surface area contributed by atoms with Crippen molar-refractivity contribution in [2.24, 2.45) is 0 Å². The molecule has 20 heavy (non-hydrogen) atoms. The fourth-order valence-corrected chi connectivity index (χ4v) is 1.68. The van der Waals surface area contributed by atoms with Crippen LogP contribution in [0.25, 0.3) is 0 Å². The van der Waals surface area contributed by atoms with Gasteiger partial charge in [-0.2, -0.15) is 5.17 Å². The zero-order valence-electron chi connectivity index (χ0n) is 11.9. The fourth-order valence-electron chi connectivity index (χ4n) is 1.68.